The lowest BCUT2D eigenvalue weighted by molar-refractivity contribution is -0.113. The highest BCUT2D eigenvalue weighted by molar-refractivity contribution is 7.99. The van der Waals surface area contributed by atoms with Gasteiger partial charge in [0.25, 0.3) is 5.91 Å². The molecule has 2 amide bonds. The van der Waals surface area contributed by atoms with Gasteiger partial charge in [-0.15, -0.1) is 10.2 Å². The number of para-hydroxylation sites is 1. The van der Waals surface area contributed by atoms with Crippen molar-refractivity contribution in [2.75, 3.05) is 11.1 Å². The maximum atomic E-state index is 12.5. The number of thioether (sulfide) groups is 1. The van der Waals surface area contributed by atoms with Gasteiger partial charge in [-0.1, -0.05) is 55.1 Å². The second kappa shape index (κ2) is 10.8. The Hall–Kier alpha value is -3.13. The third kappa shape index (κ3) is 5.73. The lowest BCUT2D eigenvalue weighted by Gasteiger charge is -2.15. The molecule has 1 heterocycles. The molecule has 0 bridgehead atoms. The van der Waals surface area contributed by atoms with Gasteiger partial charge in [-0.05, 0) is 44.0 Å². The number of carbonyl (C=O) groups is 2. The molecule has 2 aromatic carbocycles. The number of aryl methyl sites for hydroxylation is 1. The third-order valence-electron chi connectivity index (χ3n) is 4.84. The van der Waals surface area contributed by atoms with Gasteiger partial charge in [-0.3, -0.25) is 9.59 Å². The van der Waals surface area contributed by atoms with Gasteiger partial charge in [0.1, 0.15) is 0 Å². The quantitative estimate of drug-likeness (QED) is 0.493. The minimum atomic E-state index is -0.320. The first-order chi connectivity index (χ1) is 15.0. The summed E-state index contributed by atoms with van der Waals surface area (Å²) < 4.78 is 1.92. The van der Waals surface area contributed by atoms with Gasteiger partial charge in [0.2, 0.25) is 5.91 Å². The summed E-state index contributed by atoms with van der Waals surface area (Å²) in [5.74, 6) is 0.623. The monoisotopic (exact) mass is 437 g/mol. The van der Waals surface area contributed by atoms with Gasteiger partial charge in [0.15, 0.2) is 11.0 Å². The van der Waals surface area contributed by atoms with Crippen molar-refractivity contribution in [3.05, 3.63) is 71.5 Å². The van der Waals surface area contributed by atoms with E-state index in [0.717, 1.165) is 17.7 Å². The first-order valence-electron chi connectivity index (χ1n) is 10.3. The van der Waals surface area contributed by atoms with Crippen LogP contribution in [0.25, 0.3) is 0 Å². The van der Waals surface area contributed by atoms with Crippen molar-refractivity contribution in [2.45, 2.75) is 44.9 Å². The van der Waals surface area contributed by atoms with Crippen molar-refractivity contribution in [3.63, 3.8) is 0 Å². The number of anilines is 1. The molecule has 162 valence electrons. The average Bonchev–Trinajstić information content (AvgIpc) is 3.21. The fraction of sp³-hybridized carbons (Fsp3) is 0.304. The maximum Gasteiger partial charge on any atom is 0.251 e. The van der Waals surface area contributed by atoms with Gasteiger partial charge >= 0.3 is 0 Å². The number of aromatic nitrogens is 3. The fourth-order valence-corrected chi connectivity index (χ4v) is 4.03. The highest BCUT2D eigenvalue weighted by Gasteiger charge is 2.20. The van der Waals surface area contributed by atoms with E-state index in [1.807, 2.05) is 60.9 Å². The van der Waals surface area contributed by atoms with E-state index in [1.165, 1.54) is 11.8 Å². The van der Waals surface area contributed by atoms with E-state index < -0.39 is 0 Å². The molecule has 7 nitrogen and oxygen atoms in total. The summed E-state index contributed by atoms with van der Waals surface area (Å²) in [5, 5.41) is 15.1. The van der Waals surface area contributed by atoms with Crippen LogP contribution in [0.4, 0.5) is 5.69 Å². The molecule has 0 radical (unpaired) electrons. The normalized spacial score (nSPS) is 11.7. The van der Waals surface area contributed by atoms with Crippen molar-refractivity contribution in [1.29, 1.82) is 0 Å². The van der Waals surface area contributed by atoms with Gasteiger partial charge < -0.3 is 15.2 Å². The third-order valence-corrected chi connectivity index (χ3v) is 5.80. The van der Waals surface area contributed by atoms with E-state index in [4.69, 9.17) is 0 Å². The molecule has 8 heteroatoms. The van der Waals surface area contributed by atoms with Crippen molar-refractivity contribution >= 4 is 29.3 Å². The smallest absolute Gasteiger partial charge is 0.251 e. The molecule has 1 aromatic heterocycles. The predicted molar refractivity (Wildman–Crippen MR) is 123 cm³/mol. The number of amides is 2. The topological polar surface area (TPSA) is 88.9 Å². The number of nitrogens with one attached hydrogen (secondary N) is 2. The highest BCUT2D eigenvalue weighted by Crippen LogP contribution is 2.22. The average molecular weight is 438 g/mol. The molecule has 0 spiro atoms. The number of rotatable bonds is 9. The minimum absolute atomic E-state index is 0.0940. The summed E-state index contributed by atoms with van der Waals surface area (Å²) >= 11 is 1.33. The van der Waals surface area contributed by atoms with Crippen LogP contribution in [0, 0.1) is 0 Å². The molecule has 0 aliphatic heterocycles. The largest absolute Gasteiger partial charge is 0.342 e. The van der Waals surface area contributed by atoms with E-state index in [9.17, 15) is 9.59 Å². The number of benzene rings is 2. The molecular formula is C23H27N5O2S. The number of hydrogen-bond acceptors (Lipinski definition) is 5. The molecule has 3 aromatic rings. The number of hydrogen-bond donors (Lipinski definition) is 2. The molecule has 1 atom stereocenters. The van der Waals surface area contributed by atoms with Crippen LogP contribution in [-0.4, -0.2) is 32.3 Å². The standard InChI is InChI=1S/C23H27N5O2S/c1-4-17-11-9-10-14-19(17)25-20(29)15-31-23-27-26-21(28(23)5-2)16(3)24-22(30)18-12-7-6-8-13-18/h6-14,16H,4-5,15H2,1-3H3,(H,24,30)(H,25,29)/t16-/m0/s1. The first-order valence-corrected chi connectivity index (χ1v) is 11.3. The lowest BCUT2D eigenvalue weighted by Crippen LogP contribution is -2.28. The van der Waals surface area contributed by atoms with Crippen LogP contribution >= 0.6 is 11.8 Å². The predicted octanol–water partition coefficient (Wildman–Crippen LogP) is 4.08. The Kier molecular flexibility index (Phi) is 7.83. The molecule has 0 fully saturated rings. The molecule has 0 saturated heterocycles. The SMILES string of the molecule is CCc1ccccc1NC(=O)CSc1nnc([C@H](C)NC(=O)c2ccccc2)n1CC. The highest BCUT2D eigenvalue weighted by atomic mass is 32.2. The molecule has 0 unspecified atom stereocenters. The van der Waals surface area contributed by atoms with Crippen molar-refractivity contribution in [2.24, 2.45) is 0 Å². The van der Waals surface area contributed by atoms with Crippen LogP contribution in [0.1, 0.15) is 48.6 Å². The van der Waals surface area contributed by atoms with Crippen LogP contribution in [0.15, 0.2) is 59.8 Å². The molecule has 2 N–H and O–H groups in total. The summed E-state index contributed by atoms with van der Waals surface area (Å²) in [6, 6.07) is 16.5. The lowest BCUT2D eigenvalue weighted by atomic mass is 10.1. The van der Waals surface area contributed by atoms with E-state index in [-0.39, 0.29) is 23.6 Å². The zero-order chi connectivity index (χ0) is 22.2. The van der Waals surface area contributed by atoms with Crippen LogP contribution in [0.3, 0.4) is 0 Å². The Balaban J connectivity index is 1.63. The van der Waals surface area contributed by atoms with Crippen molar-refractivity contribution in [1.82, 2.24) is 20.1 Å². The number of nitrogens with zero attached hydrogens (tertiary/aromatic N) is 3. The zero-order valence-electron chi connectivity index (χ0n) is 18.0. The van der Waals surface area contributed by atoms with Gasteiger partial charge in [-0.2, -0.15) is 0 Å². The Morgan fingerprint density at radius 1 is 1.03 bits per heavy atom. The Morgan fingerprint density at radius 2 is 1.74 bits per heavy atom. The fourth-order valence-electron chi connectivity index (χ4n) is 3.23. The molecule has 3 rings (SSSR count). The second-order valence-corrected chi connectivity index (χ2v) is 7.94. The van der Waals surface area contributed by atoms with Gasteiger partial charge in [0.05, 0.1) is 11.8 Å². The molecular weight excluding hydrogens is 410 g/mol. The summed E-state index contributed by atoms with van der Waals surface area (Å²) in [7, 11) is 0. The van der Waals surface area contributed by atoms with E-state index in [0.29, 0.717) is 23.1 Å². The Labute approximate surface area is 186 Å². The Morgan fingerprint density at radius 3 is 2.45 bits per heavy atom. The van der Waals surface area contributed by atoms with Crippen LogP contribution in [0.5, 0.6) is 0 Å². The summed E-state index contributed by atoms with van der Waals surface area (Å²) in [5.41, 5.74) is 2.53. The number of carbonyl (C=O) groups excluding carboxylic acids is 2. The first kappa shape index (κ1) is 22.6. The summed E-state index contributed by atoms with van der Waals surface area (Å²) in [4.78, 5) is 24.9. The molecule has 0 saturated carbocycles. The second-order valence-electron chi connectivity index (χ2n) is 6.99. The zero-order valence-corrected chi connectivity index (χ0v) is 18.8. The molecule has 0 aliphatic rings. The van der Waals surface area contributed by atoms with Crippen molar-refractivity contribution < 1.29 is 9.59 Å². The van der Waals surface area contributed by atoms with E-state index in [2.05, 4.69) is 27.8 Å². The van der Waals surface area contributed by atoms with E-state index >= 15 is 0 Å². The van der Waals surface area contributed by atoms with Crippen molar-refractivity contribution in [3.8, 4) is 0 Å². The van der Waals surface area contributed by atoms with Crippen LogP contribution in [-0.2, 0) is 17.8 Å². The summed E-state index contributed by atoms with van der Waals surface area (Å²) in [6.07, 6.45) is 0.851. The maximum absolute atomic E-state index is 12.5. The molecule has 31 heavy (non-hydrogen) atoms. The minimum Gasteiger partial charge on any atom is -0.342 e. The van der Waals surface area contributed by atoms with Gasteiger partial charge in [0, 0.05) is 17.8 Å². The van der Waals surface area contributed by atoms with Crippen LogP contribution < -0.4 is 10.6 Å². The molecule has 0 aliphatic carbocycles. The van der Waals surface area contributed by atoms with Crippen LogP contribution in [0.2, 0.25) is 0 Å². The Bertz CT molecular complexity index is 1040. The van der Waals surface area contributed by atoms with Gasteiger partial charge in [-0.25, -0.2) is 0 Å². The van der Waals surface area contributed by atoms with E-state index in [1.54, 1.807) is 12.1 Å². The summed E-state index contributed by atoms with van der Waals surface area (Å²) in [6.45, 7) is 6.55.